The van der Waals surface area contributed by atoms with Crippen molar-refractivity contribution in [2.45, 2.75) is 134 Å². The zero-order valence-corrected chi connectivity index (χ0v) is 23.2. The Morgan fingerprint density at radius 3 is 1.86 bits per heavy atom. The van der Waals surface area contributed by atoms with Crippen LogP contribution < -0.4 is 0 Å². The lowest BCUT2D eigenvalue weighted by molar-refractivity contribution is -0.161. The van der Waals surface area contributed by atoms with Gasteiger partial charge in [-0.05, 0) is 12.8 Å². The monoisotopic (exact) mass is 554 g/mol. The van der Waals surface area contributed by atoms with Crippen molar-refractivity contribution in [3.05, 3.63) is 0 Å². The number of carbonyl (C=O) groups excluding carboxylic acids is 2. The summed E-state index contributed by atoms with van der Waals surface area (Å²) in [5.74, 6) is -1.01. The summed E-state index contributed by atoms with van der Waals surface area (Å²) in [6, 6.07) is 0. The second kappa shape index (κ2) is 19.1. The van der Waals surface area contributed by atoms with E-state index >= 15 is 0 Å². The van der Waals surface area contributed by atoms with Gasteiger partial charge in [-0.1, -0.05) is 65.2 Å². The third-order valence-corrected chi connectivity index (χ3v) is 7.15. The number of phosphoric ester groups is 1. The van der Waals surface area contributed by atoms with E-state index in [2.05, 4.69) is 13.8 Å². The van der Waals surface area contributed by atoms with Gasteiger partial charge < -0.3 is 29.7 Å². The highest BCUT2D eigenvalue weighted by atomic mass is 31.2. The van der Waals surface area contributed by atoms with Crippen LogP contribution in [0.1, 0.15) is 104 Å². The third-order valence-electron chi connectivity index (χ3n) is 6.16. The van der Waals surface area contributed by atoms with Crippen molar-refractivity contribution in [3.63, 3.8) is 0 Å². The van der Waals surface area contributed by atoms with Crippen LogP contribution in [0.5, 0.6) is 0 Å². The molecule has 218 valence electrons. The molecule has 0 aromatic heterocycles. The molecule has 1 unspecified atom stereocenters. The van der Waals surface area contributed by atoms with Crippen LogP contribution in [0.2, 0.25) is 0 Å². The molecule has 0 heterocycles. The second-order valence-corrected chi connectivity index (χ2v) is 11.1. The maximum atomic E-state index is 12.5. The van der Waals surface area contributed by atoms with Gasteiger partial charge in [0.2, 0.25) is 0 Å². The molecule has 0 aliphatic heterocycles. The number of ether oxygens (including phenoxy) is 2. The minimum atomic E-state index is -4.80. The van der Waals surface area contributed by atoms with E-state index in [1.54, 1.807) is 0 Å². The molecule has 0 saturated heterocycles. The lowest BCUT2D eigenvalue weighted by Gasteiger charge is -2.35. The van der Waals surface area contributed by atoms with Crippen molar-refractivity contribution >= 4 is 19.8 Å². The van der Waals surface area contributed by atoms with E-state index in [0.717, 1.165) is 51.4 Å². The molecule has 1 aliphatic rings. The van der Waals surface area contributed by atoms with Crippen LogP contribution in [0.15, 0.2) is 0 Å². The van der Waals surface area contributed by atoms with Crippen LogP contribution >= 0.6 is 7.82 Å². The molecule has 1 rings (SSSR count). The lowest BCUT2D eigenvalue weighted by atomic mass is 9.90. The highest BCUT2D eigenvalue weighted by Crippen LogP contribution is 2.47. The van der Waals surface area contributed by atoms with Crippen LogP contribution in [-0.4, -0.2) is 75.9 Å². The van der Waals surface area contributed by atoms with Gasteiger partial charge in [0.25, 0.3) is 0 Å². The van der Waals surface area contributed by atoms with E-state index in [9.17, 15) is 34.4 Å². The van der Waals surface area contributed by atoms with Crippen LogP contribution in [-0.2, 0) is 32.7 Å². The summed E-state index contributed by atoms with van der Waals surface area (Å²) in [5.41, 5.74) is 0. The number of esters is 2. The Hall–Kier alpha value is -1.07. The normalized spacial score (nSPS) is 24.3. The van der Waals surface area contributed by atoms with E-state index in [4.69, 9.17) is 18.5 Å². The average molecular weight is 555 g/mol. The van der Waals surface area contributed by atoms with Crippen molar-refractivity contribution in [3.8, 4) is 0 Å². The molecule has 0 spiro atoms. The molecule has 1 fully saturated rings. The van der Waals surface area contributed by atoms with Crippen LogP contribution in [0.4, 0.5) is 0 Å². The van der Waals surface area contributed by atoms with Gasteiger partial charge in [-0.25, -0.2) is 4.57 Å². The second-order valence-electron chi connectivity index (χ2n) is 9.72. The third kappa shape index (κ3) is 15.8. The number of rotatable bonds is 20. The fourth-order valence-electron chi connectivity index (χ4n) is 4.05. The highest BCUT2D eigenvalue weighted by Gasteiger charge is 2.41. The van der Waals surface area contributed by atoms with E-state index in [1.807, 2.05) is 0 Å². The maximum absolute atomic E-state index is 12.5. The molecule has 0 bridgehead atoms. The van der Waals surface area contributed by atoms with Gasteiger partial charge in [0.15, 0.2) is 6.10 Å². The number of carbonyl (C=O) groups is 2. The Morgan fingerprint density at radius 1 is 0.811 bits per heavy atom. The number of unbranched alkanes of at least 4 members (excludes halogenated alkanes) is 8. The summed E-state index contributed by atoms with van der Waals surface area (Å²) in [7, 11) is -4.80. The van der Waals surface area contributed by atoms with Crippen molar-refractivity contribution in [2.24, 2.45) is 0 Å². The molecule has 0 aromatic carbocycles. The van der Waals surface area contributed by atoms with Gasteiger partial charge in [-0.3, -0.25) is 18.6 Å². The maximum Gasteiger partial charge on any atom is 0.472 e. The fraction of sp³-hybridized carbons (Fsp3) is 0.920. The summed E-state index contributed by atoms with van der Waals surface area (Å²) >= 11 is 0. The van der Waals surface area contributed by atoms with Crippen LogP contribution in [0.25, 0.3) is 0 Å². The Morgan fingerprint density at radius 2 is 1.32 bits per heavy atom. The molecule has 0 amide bonds. The zero-order valence-electron chi connectivity index (χ0n) is 22.3. The fourth-order valence-corrected chi connectivity index (χ4v) is 5.05. The first-order valence-electron chi connectivity index (χ1n) is 13.6. The minimum Gasteiger partial charge on any atom is -0.462 e. The number of phosphoric acid groups is 1. The highest BCUT2D eigenvalue weighted by molar-refractivity contribution is 7.47. The molecule has 37 heavy (non-hydrogen) atoms. The summed E-state index contributed by atoms with van der Waals surface area (Å²) in [4.78, 5) is 34.5. The van der Waals surface area contributed by atoms with Gasteiger partial charge in [0.1, 0.15) is 12.7 Å². The quantitative estimate of drug-likeness (QED) is 0.0986. The molecule has 4 atom stereocenters. The van der Waals surface area contributed by atoms with E-state index in [0.29, 0.717) is 12.8 Å². The lowest BCUT2D eigenvalue weighted by Crippen LogP contribution is -2.47. The van der Waals surface area contributed by atoms with E-state index < -0.39 is 56.9 Å². The first-order valence-corrected chi connectivity index (χ1v) is 15.1. The summed E-state index contributed by atoms with van der Waals surface area (Å²) in [6.45, 7) is 3.24. The number of aliphatic hydroxyl groups is 3. The number of hydrogen-bond acceptors (Lipinski definition) is 10. The van der Waals surface area contributed by atoms with Gasteiger partial charge in [-0.15, -0.1) is 0 Å². The zero-order chi connectivity index (χ0) is 27.7. The summed E-state index contributed by atoms with van der Waals surface area (Å²) < 4.78 is 32.9. The molecular formula is C25H47O11P. The van der Waals surface area contributed by atoms with Crippen LogP contribution in [0.3, 0.4) is 0 Å². The first kappa shape index (κ1) is 34.0. The molecule has 0 aromatic rings. The van der Waals surface area contributed by atoms with Crippen molar-refractivity contribution in [2.75, 3.05) is 13.2 Å². The predicted octanol–water partition coefficient (Wildman–Crippen LogP) is 3.54. The molecular weight excluding hydrogens is 507 g/mol. The molecule has 4 N–H and O–H groups in total. The molecule has 11 nitrogen and oxygen atoms in total. The molecule has 0 radical (unpaired) electrons. The van der Waals surface area contributed by atoms with Crippen molar-refractivity contribution in [1.29, 1.82) is 0 Å². The summed E-state index contributed by atoms with van der Waals surface area (Å²) in [5, 5.41) is 29.6. The minimum absolute atomic E-state index is 0.130. The SMILES string of the molecule is CCCCCCCC(=O)OC[C@H](COP(=O)(O)OC1[C@@H](O)CC(O)C[C@@H]1O)OC(=O)CCCCCCC. The first-order chi connectivity index (χ1) is 17.6. The molecule has 1 saturated carbocycles. The van der Waals surface area contributed by atoms with Crippen molar-refractivity contribution < 1.29 is 52.9 Å². The average Bonchev–Trinajstić information content (AvgIpc) is 2.83. The van der Waals surface area contributed by atoms with Gasteiger partial charge in [0, 0.05) is 25.7 Å². The molecule has 12 heteroatoms. The Bertz CT molecular complexity index is 678. The van der Waals surface area contributed by atoms with Gasteiger partial charge >= 0.3 is 19.8 Å². The largest absolute Gasteiger partial charge is 0.472 e. The Balaban J connectivity index is 2.61. The molecule has 1 aliphatic carbocycles. The van der Waals surface area contributed by atoms with Gasteiger partial charge in [-0.2, -0.15) is 0 Å². The van der Waals surface area contributed by atoms with Crippen LogP contribution in [0, 0.1) is 0 Å². The van der Waals surface area contributed by atoms with Gasteiger partial charge in [0.05, 0.1) is 24.9 Å². The standard InChI is InChI=1S/C25H47O11P/c1-3-5-7-9-11-13-23(29)33-17-20(35-24(30)14-12-10-8-6-4-2)18-34-37(31,32)36-25-21(27)15-19(26)16-22(25)28/h19-22,25-28H,3-18H2,1-2H3,(H,31,32)/t19?,20-,21+,22+,25?/m1/s1. The summed E-state index contributed by atoms with van der Waals surface area (Å²) in [6.07, 6.45) is 3.30. The number of aliphatic hydroxyl groups excluding tert-OH is 3. The Labute approximate surface area is 220 Å². The smallest absolute Gasteiger partial charge is 0.462 e. The van der Waals surface area contributed by atoms with Crippen molar-refractivity contribution in [1.82, 2.24) is 0 Å². The van der Waals surface area contributed by atoms with E-state index in [-0.39, 0.29) is 32.3 Å². The topological polar surface area (TPSA) is 169 Å². The predicted molar refractivity (Wildman–Crippen MR) is 135 cm³/mol. The number of hydrogen-bond donors (Lipinski definition) is 4. The van der Waals surface area contributed by atoms with E-state index in [1.165, 1.54) is 0 Å². The Kier molecular flexibility index (Phi) is 17.5.